The van der Waals surface area contributed by atoms with E-state index in [2.05, 4.69) is 4.74 Å². The Labute approximate surface area is 104 Å². The van der Waals surface area contributed by atoms with Gasteiger partial charge in [0, 0.05) is 5.02 Å². The number of halogens is 2. The first-order chi connectivity index (χ1) is 7.89. The smallest absolute Gasteiger partial charge is 0.344 e. The molecule has 0 aliphatic heterocycles. The minimum atomic E-state index is -2.14. The normalized spacial score (nSPS) is 16.1. The van der Waals surface area contributed by atoms with Gasteiger partial charge in [0.25, 0.3) is 0 Å². The summed E-state index contributed by atoms with van der Waals surface area (Å²) in [7, 11) is 0. The molecular weight excluding hydrogens is 247 g/mol. The lowest BCUT2D eigenvalue weighted by Crippen LogP contribution is -2.40. The number of hydrogen-bond donors (Lipinski definition) is 1. The Morgan fingerprint density at radius 3 is 2.53 bits per heavy atom. The molecule has 94 valence electrons. The lowest BCUT2D eigenvalue weighted by atomic mass is 9.91. The van der Waals surface area contributed by atoms with Crippen molar-refractivity contribution in [2.24, 2.45) is 0 Å². The highest BCUT2D eigenvalue weighted by molar-refractivity contribution is 6.30. The molecule has 0 heterocycles. The third-order valence-electron chi connectivity index (χ3n) is 2.42. The van der Waals surface area contributed by atoms with Crippen molar-refractivity contribution in [3.05, 3.63) is 34.9 Å². The molecule has 1 rings (SSSR count). The van der Waals surface area contributed by atoms with Crippen LogP contribution in [0, 0.1) is 0 Å². The molecule has 0 fully saturated rings. The van der Waals surface area contributed by atoms with Crippen molar-refractivity contribution in [2.75, 3.05) is 6.61 Å². The van der Waals surface area contributed by atoms with E-state index in [1.165, 1.54) is 31.2 Å². The maximum Gasteiger partial charge on any atom is 0.344 e. The molecule has 2 atom stereocenters. The molecule has 0 aliphatic rings. The molecule has 17 heavy (non-hydrogen) atoms. The highest BCUT2D eigenvalue weighted by Crippen LogP contribution is 2.28. The number of carbonyl (C=O) groups is 1. The fourth-order valence-electron chi connectivity index (χ4n) is 1.38. The molecule has 1 N–H and O–H groups in total. The van der Waals surface area contributed by atoms with E-state index in [9.17, 15) is 14.3 Å². The van der Waals surface area contributed by atoms with Crippen molar-refractivity contribution >= 4 is 17.6 Å². The van der Waals surface area contributed by atoms with E-state index < -0.39 is 17.7 Å². The van der Waals surface area contributed by atoms with Crippen molar-refractivity contribution in [1.29, 1.82) is 0 Å². The molecule has 5 heteroatoms. The van der Waals surface area contributed by atoms with Crippen molar-refractivity contribution in [3.8, 4) is 0 Å². The van der Waals surface area contributed by atoms with Gasteiger partial charge in [-0.1, -0.05) is 23.7 Å². The third kappa shape index (κ3) is 3.17. The molecule has 0 unspecified atom stereocenters. The quantitative estimate of drug-likeness (QED) is 0.846. The van der Waals surface area contributed by atoms with Gasteiger partial charge in [-0.3, -0.25) is 0 Å². The second-order valence-electron chi connectivity index (χ2n) is 3.77. The molecule has 0 amide bonds. The fraction of sp³-hybridized carbons (Fsp3) is 0.417. The second-order valence-corrected chi connectivity index (χ2v) is 4.21. The summed E-state index contributed by atoms with van der Waals surface area (Å²) in [5.74, 6) is -1.08. The first kappa shape index (κ1) is 13.9. The van der Waals surface area contributed by atoms with Crippen molar-refractivity contribution in [3.63, 3.8) is 0 Å². The topological polar surface area (TPSA) is 46.5 Å². The van der Waals surface area contributed by atoms with Gasteiger partial charge in [0.15, 0.2) is 0 Å². The van der Waals surface area contributed by atoms with Gasteiger partial charge in [0.05, 0.1) is 6.61 Å². The molecule has 0 spiro atoms. The Kier molecular flexibility index (Phi) is 4.48. The summed E-state index contributed by atoms with van der Waals surface area (Å²) >= 11 is 5.69. The van der Waals surface area contributed by atoms with Gasteiger partial charge in [0.2, 0.25) is 6.17 Å². The summed E-state index contributed by atoms with van der Waals surface area (Å²) in [6, 6.07) is 5.97. The van der Waals surface area contributed by atoms with Crippen LogP contribution >= 0.6 is 11.6 Å². The average Bonchev–Trinajstić information content (AvgIpc) is 2.29. The van der Waals surface area contributed by atoms with Crippen LogP contribution in [-0.4, -0.2) is 23.9 Å². The molecule has 0 saturated carbocycles. The molecule has 0 radical (unpaired) electrons. The van der Waals surface area contributed by atoms with Crippen LogP contribution < -0.4 is 0 Å². The number of aliphatic hydroxyl groups is 1. The van der Waals surface area contributed by atoms with Crippen molar-refractivity contribution < 1.29 is 19.0 Å². The molecular formula is C12H14ClFO3. The zero-order valence-electron chi connectivity index (χ0n) is 9.61. The Hall–Kier alpha value is -1.13. The third-order valence-corrected chi connectivity index (χ3v) is 2.67. The Bertz CT molecular complexity index is 389. The molecule has 0 aliphatic carbocycles. The predicted molar refractivity (Wildman–Crippen MR) is 62.6 cm³/mol. The van der Waals surface area contributed by atoms with E-state index in [1.54, 1.807) is 6.92 Å². The first-order valence-corrected chi connectivity index (χ1v) is 5.56. The zero-order chi connectivity index (χ0) is 13.1. The maximum absolute atomic E-state index is 13.8. The Balaban J connectivity index is 2.93. The molecule has 0 aromatic heterocycles. The molecule has 1 aromatic rings. The summed E-state index contributed by atoms with van der Waals surface area (Å²) in [4.78, 5) is 11.2. The van der Waals surface area contributed by atoms with Gasteiger partial charge in [0.1, 0.15) is 5.60 Å². The number of carbonyl (C=O) groups excluding carboxylic acids is 1. The predicted octanol–water partition coefficient (Wildman–Crippen LogP) is 2.45. The Morgan fingerprint density at radius 2 is 2.06 bits per heavy atom. The SMILES string of the molecule is CCOC(=O)[C@@H](F)[C@@](C)(O)c1ccc(Cl)cc1. The number of esters is 1. The average molecular weight is 261 g/mol. The zero-order valence-corrected chi connectivity index (χ0v) is 10.4. The molecule has 0 bridgehead atoms. The van der Waals surface area contributed by atoms with Gasteiger partial charge >= 0.3 is 5.97 Å². The van der Waals surface area contributed by atoms with E-state index in [1.807, 2.05) is 0 Å². The van der Waals surface area contributed by atoms with Crippen molar-refractivity contribution in [1.82, 2.24) is 0 Å². The largest absolute Gasteiger partial charge is 0.464 e. The lowest BCUT2D eigenvalue weighted by Gasteiger charge is -2.26. The second kappa shape index (κ2) is 5.47. The highest BCUT2D eigenvalue weighted by atomic mass is 35.5. The number of hydrogen-bond acceptors (Lipinski definition) is 3. The van der Waals surface area contributed by atoms with Gasteiger partial charge in [-0.05, 0) is 31.5 Å². The van der Waals surface area contributed by atoms with Gasteiger partial charge in [-0.15, -0.1) is 0 Å². The standard InChI is InChI=1S/C12H14ClFO3/c1-3-17-11(15)10(14)12(2,16)8-4-6-9(13)7-5-8/h4-7,10,16H,3H2,1-2H3/t10-,12+/m1/s1. The lowest BCUT2D eigenvalue weighted by molar-refractivity contribution is -0.160. The van der Waals surface area contributed by atoms with Crippen LogP contribution in [0.4, 0.5) is 4.39 Å². The minimum Gasteiger partial charge on any atom is -0.464 e. The van der Waals surface area contributed by atoms with E-state index in [4.69, 9.17) is 11.6 Å². The van der Waals surface area contributed by atoms with Gasteiger partial charge < -0.3 is 9.84 Å². The van der Waals surface area contributed by atoms with Crippen LogP contribution in [-0.2, 0) is 15.1 Å². The minimum absolute atomic E-state index is 0.0654. The van der Waals surface area contributed by atoms with E-state index in [0.29, 0.717) is 5.02 Å². The van der Waals surface area contributed by atoms with Crippen LogP contribution in [0.15, 0.2) is 24.3 Å². The van der Waals surface area contributed by atoms with Crippen LogP contribution in [0.1, 0.15) is 19.4 Å². The molecule has 3 nitrogen and oxygen atoms in total. The van der Waals surface area contributed by atoms with E-state index >= 15 is 0 Å². The number of benzene rings is 1. The van der Waals surface area contributed by atoms with Gasteiger partial charge in [-0.2, -0.15) is 0 Å². The summed E-state index contributed by atoms with van der Waals surface area (Å²) in [6.07, 6.45) is -2.14. The number of ether oxygens (including phenoxy) is 1. The summed E-state index contributed by atoms with van der Waals surface area (Å²) in [5, 5.41) is 10.5. The Morgan fingerprint density at radius 1 is 1.53 bits per heavy atom. The van der Waals surface area contributed by atoms with Gasteiger partial charge in [-0.25, -0.2) is 9.18 Å². The fourth-order valence-corrected chi connectivity index (χ4v) is 1.50. The van der Waals surface area contributed by atoms with E-state index in [0.717, 1.165) is 0 Å². The van der Waals surface area contributed by atoms with Crippen LogP contribution in [0.5, 0.6) is 0 Å². The van der Waals surface area contributed by atoms with Crippen LogP contribution in [0.3, 0.4) is 0 Å². The van der Waals surface area contributed by atoms with Crippen molar-refractivity contribution in [2.45, 2.75) is 25.6 Å². The maximum atomic E-state index is 13.8. The van der Waals surface area contributed by atoms with E-state index in [-0.39, 0.29) is 12.2 Å². The number of rotatable bonds is 4. The first-order valence-electron chi connectivity index (χ1n) is 5.18. The van der Waals surface area contributed by atoms with Crippen LogP contribution in [0.2, 0.25) is 5.02 Å². The summed E-state index contributed by atoms with van der Waals surface area (Å²) < 4.78 is 18.3. The highest BCUT2D eigenvalue weighted by Gasteiger charge is 2.40. The molecule has 1 aromatic carbocycles. The molecule has 0 saturated heterocycles. The monoisotopic (exact) mass is 260 g/mol. The summed E-state index contributed by atoms with van der Waals surface area (Å²) in [6.45, 7) is 2.86. The van der Waals surface area contributed by atoms with Crippen LogP contribution in [0.25, 0.3) is 0 Å². The number of alkyl halides is 1. The summed E-state index contributed by atoms with van der Waals surface area (Å²) in [5.41, 5.74) is -1.67.